The van der Waals surface area contributed by atoms with Gasteiger partial charge in [0.2, 0.25) is 5.90 Å². The van der Waals surface area contributed by atoms with Crippen molar-refractivity contribution < 1.29 is 19.4 Å². The predicted molar refractivity (Wildman–Crippen MR) is 130 cm³/mol. The number of hydrogen-bond acceptors (Lipinski definition) is 6. The van der Waals surface area contributed by atoms with Gasteiger partial charge in [-0.05, 0) is 63.8 Å². The van der Waals surface area contributed by atoms with Crippen LogP contribution in [0.25, 0.3) is 0 Å². The lowest BCUT2D eigenvalue weighted by atomic mass is 9.86. The Morgan fingerprint density at radius 3 is 2.55 bits per heavy atom. The molecule has 0 saturated heterocycles. The molecule has 3 rings (SSSR count). The summed E-state index contributed by atoms with van der Waals surface area (Å²) in [6, 6.07) is 17.4. The van der Waals surface area contributed by atoms with Crippen molar-refractivity contribution in [3.8, 4) is 5.75 Å². The predicted octanol–water partition coefficient (Wildman–Crippen LogP) is 2.66. The molecule has 7 nitrogen and oxygen atoms in total. The van der Waals surface area contributed by atoms with Crippen LogP contribution in [0.5, 0.6) is 5.75 Å². The molecular weight excluding hydrogens is 418 g/mol. The Hall–Kier alpha value is -2.90. The molecule has 0 unspecified atom stereocenters. The summed E-state index contributed by atoms with van der Waals surface area (Å²) in [5, 5.41) is 12.0. The van der Waals surface area contributed by atoms with Gasteiger partial charge >= 0.3 is 0 Å². The summed E-state index contributed by atoms with van der Waals surface area (Å²) in [6.07, 6.45) is 1.49. The lowest BCUT2D eigenvalue weighted by molar-refractivity contribution is -0.128. The van der Waals surface area contributed by atoms with Crippen LogP contribution in [0.2, 0.25) is 0 Å². The molecule has 2 atom stereocenters. The highest BCUT2D eigenvalue weighted by molar-refractivity contribution is 6.00. The average Bonchev–Trinajstić information content (AvgIpc) is 3.14. The third-order valence-corrected chi connectivity index (χ3v) is 5.71. The molecule has 0 radical (unpaired) electrons. The number of rotatable bonds is 12. The van der Waals surface area contributed by atoms with Crippen LogP contribution in [0.4, 0.5) is 0 Å². The maximum absolute atomic E-state index is 13.5. The zero-order valence-corrected chi connectivity index (χ0v) is 19.8. The molecule has 0 saturated carbocycles. The molecule has 0 aliphatic carbocycles. The number of carbonyl (C=O) groups excluding carboxylic acids is 1. The molecule has 7 heteroatoms. The number of ether oxygens (including phenoxy) is 2. The molecule has 2 N–H and O–H groups in total. The van der Waals surface area contributed by atoms with Crippen molar-refractivity contribution in [1.29, 1.82) is 0 Å². The smallest absolute Gasteiger partial charge is 0.252 e. The van der Waals surface area contributed by atoms with Gasteiger partial charge in [0, 0.05) is 31.6 Å². The summed E-state index contributed by atoms with van der Waals surface area (Å²) in [7, 11) is 4.04. The van der Waals surface area contributed by atoms with Gasteiger partial charge in [-0.2, -0.15) is 0 Å². The molecule has 1 aliphatic rings. The second-order valence-electron chi connectivity index (χ2n) is 8.63. The van der Waals surface area contributed by atoms with Crippen LogP contribution in [0, 0.1) is 0 Å². The van der Waals surface area contributed by atoms with Crippen molar-refractivity contribution in [3.63, 3.8) is 0 Å². The molecule has 33 heavy (non-hydrogen) atoms. The van der Waals surface area contributed by atoms with E-state index >= 15 is 0 Å². The Morgan fingerprint density at radius 1 is 1.15 bits per heavy atom. The fraction of sp³-hybridized carbons (Fsp3) is 0.462. The molecule has 2 aromatic rings. The number of nitrogens with one attached hydrogen (secondary N) is 1. The van der Waals surface area contributed by atoms with Crippen molar-refractivity contribution in [2.45, 2.75) is 37.8 Å². The topological polar surface area (TPSA) is 83.4 Å². The van der Waals surface area contributed by atoms with Crippen molar-refractivity contribution in [2.75, 3.05) is 40.4 Å². The van der Waals surface area contributed by atoms with E-state index in [1.807, 2.05) is 75.6 Å². The van der Waals surface area contributed by atoms with Gasteiger partial charge in [-0.25, -0.2) is 4.99 Å². The van der Waals surface area contributed by atoms with Gasteiger partial charge in [-0.1, -0.05) is 30.3 Å². The van der Waals surface area contributed by atoms with Crippen LogP contribution in [-0.2, 0) is 16.0 Å². The van der Waals surface area contributed by atoms with Crippen molar-refractivity contribution in [3.05, 3.63) is 65.7 Å². The Bertz CT molecular complexity index is 915. The van der Waals surface area contributed by atoms with Gasteiger partial charge in [-0.3, -0.25) is 4.79 Å². The zero-order chi connectivity index (χ0) is 23.7. The van der Waals surface area contributed by atoms with E-state index in [9.17, 15) is 4.79 Å². The van der Waals surface area contributed by atoms with Gasteiger partial charge in [0.25, 0.3) is 5.91 Å². The largest absolute Gasteiger partial charge is 0.494 e. The molecule has 0 fully saturated rings. The molecule has 1 amide bonds. The van der Waals surface area contributed by atoms with E-state index in [4.69, 9.17) is 19.6 Å². The molecule has 0 bridgehead atoms. The number of benzene rings is 2. The van der Waals surface area contributed by atoms with Crippen LogP contribution >= 0.6 is 0 Å². The third-order valence-electron chi connectivity index (χ3n) is 5.71. The highest BCUT2D eigenvalue weighted by Crippen LogP contribution is 2.32. The summed E-state index contributed by atoms with van der Waals surface area (Å²) >= 11 is 0. The number of aliphatic hydroxyl groups excluding tert-OH is 1. The van der Waals surface area contributed by atoms with E-state index in [1.165, 1.54) is 0 Å². The normalized spacial score (nSPS) is 19.8. The standard InChI is InChI=1S/C26H35N3O4/c1-20-26(19-21-9-5-4-6-10-21,25(31)27-15-7-16-29(2)3)28-24(33-20)22-11-13-23(14-12-22)32-18-8-17-30/h4-6,9-14,20,30H,7-8,15-19H2,1-3H3,(H,27,31)/t20-,26-/m1/s1. The van der Waals surface area contributed by atoms with Crippen LogP contribution in [0.3, 0.4) is 0 Å². The van der Waals surface area contributed by atoms with E-state index in [-0.39, 0.29) is 12.5 Å². The van der Waals surface area contributed by atoms with E-state index in [2.05, 4.69) is 10.2 Å². The molecule has 178 valence electrons. The molecule has 1 aliphatic heterocycles. The second kappa shape index (κ2) is 11.8. The Morgan fingerprint density at radius 2 is 1.88 bits per heavy atom. The number of aliphatic imine (C=N–C) groups is 1. The first-order valence-corrected chi connectivity index (χ1v) is 11.5. The van der Waals surface area contributed by atoms with E-state index < -0.39 is 11.6 Å². The monoisotopic (exact) mass is 453 g/mol. The van der Waals surface area contributed by atoms with Crippen LogP contribution in [0.15, 0.2) is 59.6 Å². The number of aliphatic hydroxyl groups is 1. The van der Waals surface area contributed by atoms with Gasteiger partial charge in [0.15, 0.2) is 5.54 Å². The average molecular weight is 454 g/mol. The van der Waals surface area contributed by atoms with Crippen LogP contribution in [-0.4, -0.2) is 73.9 Å². The maximum atomic E-state index is 13.5. The number of carbonyl (C=O) groups is 1. The molecule has 1 heterocycles. The van der Waals surface area contributed by atoms with Gasteiger partial charge in [0.05, 0.1) is 6.61 Å². The number of amides is 1. The van der Waals surface area contributed by atoms with Crippen molar-refractivity contribution in [2.24, 2.45) is 4.99 Å². The van der Waals surface area contributed by atoms with E-state index in [1.54, 1.807) is 0 Å². The quantitative estimate of drug-likeness (QED) is 0.483. The molecule has 0 spiro atoms. The third kappa shape index (κ3) is 6.55. The minimum atomic E-state index is -1.04. The summed E-state index contributed by atoms with van der Waals surface area (Å²) in [5.74, 6) is 1.06. The first-order valence-electron chi connectivity index (χ1n) is 11.5. The zero-order valence-electron chi connectivity index (χ0n) is 19.8. The van der Waals surface area contributed by atoms with Gasteiger partial charge in [0.1, 0.15) is 11.9 Å². The van der Waals surface area contributed by atoms with Gasteiger partial charge in [-0.15, -0.1) is 0 Å². The minimum absolute atomic E-state index is 0.0985. The van der Waals surface area contributed by atoms with Crippen LogP contribution in [0.1, 0.15) is 30.9 Å². The summed E-state index contributed by atoms with van der Waals surface area (Å²) in [5.41, 5.74) is 0.797. The van der Waals surface area contributed by atoms with Crippen molar-refractivity contribution >= 4 is 11.8 Å². The molecular formula is C26H35N3O4. The lowest BCUT2D eigenvalue weighted by Gasteiger charge is -2.28. The SMILES string of the molecule is C[C@H]1OC(c2ccc(OCCCO)cc2)=N[C@@]1(Cc1ccccc1)C(=O)NCCCN(C)C. The second-order valence-corrected chi connectivity index (χ2v) is 8.63. The Balaban J connectivity index is 1.81. The van der Waals surface area contributed by atoms with Gasteiger partial charge < -0.3 is 24.8 Å². The lowest BCUT2D eigenvalue weighted by Crippen LogP contribution is -2.52. The Labute approximate surface area is 196 Å². The van der Waals surface area contributed by atoms with E-state index in [0.717, 1.165) is 24.1 Å². The summed E-state index contributed by atoms with van der Waals surface area (Å²) in [6.45, 7) is 3.95. The fourth-order valence-corrected chi connectivity index (χ4v) is 3.80. The number of hydrogen-bond donors (Lipinski definition) is 2. The summed E-state index contributed by atoms with van der Waals surface area (Å²) in [4.78, 5) is 20.4. The highest BCUT2D eigenvalue weighted by atomic mass is 16.5. The summed E-state index contributed by atoms with van der Waals surface area (Å²) < 4.78 is 11.8. The highest BCUT2D eigenvalue weighted by Gasteiger charge is 2.50. The first kappa shape index (κ1) is 24.7. The fourth-order valence-electron chi connectivity index (χ4n) is 3.80. The van der Waals surface area contributed by atoms with E-state index in [0.29, 0.717) is 37.6 Å². The maximum Gasteiger partial charge on any atom is 0.252 e. The minimum Gasteiger partial charge on any atom is -0.494 e. The molecule has 0 aromatic heterocycles. The molecule has 2 aromatic carbocycles. The van der Waals surface area contributed by atoms with Crippen LogP contribution < -0.4 is 10.1 Å². The van der Waals surface area contributed by atoms with Crippen molar-refractivity contribution in [1.82, 2.24) is 10.2 Å². The Kier molecular flexibility index (Phi) is 8.86. The first-order chi connectivity index (χ1) is 15.9. The number of nitrogens with zero attached hydrogens (tertiary/aromatic N) is 2.